The maximum absolute atomic E-state index is 12.9. The number of hydrogen-bond donors (Lipinski definition) is 0. The fourth-order valence-corrected chi connectivity index (χ4v) is 6.12. The smallest absolute Gasteiger partial charge is 0.388 e. The van der Waals surface area contributed by atoms with Gasteiger partial charge in [-0.2, -0.15) is 8.78 Å². The third-order valence-corrected chi connectivity index (χ3v) is 8.17. The summed E-state index contributed by atoms with van der Waals surface area (Å²) in [5.41, 5.74) is 1.46. The van der Waals surface area contributed by atoms with E-state index in [0.717, 1.165) is 6.42 Å². The SMILES string of the molecule is Cc1nc(O[C@H]2CC[C@H](c3cccc(OC(F)F)n3)C[C@@H]2N(C)C)ccc1S(=O)(=O)Cc1ccncn1. The summed E-state index contributed by atoms with van der Waals surface area (Å²) in [5, 5.41) is 0. The van der Waals surface area contributed by atoms with E-state index in [-0.39, 0.29) is 34.6 Å². The average Bonchev–Trinajstić information content (AvgIpc) is 2.84. The first kappa shape index (κ1) is 26.8. The number of rotatable bonds is 9. The lowest BCUT2D eigenvalue weighted by Crippen LogP contribution is -2.46. The lowest BCUT2D eigenvalue weighted by atomic mass is 9.81. The van der Waals surface area contributed by atoms with E-state index in [0.29, 0.717) is 35.8 Å². The Morgan fingerprint density at radius 3 is 2.57 bits per heavy atom. The molecule has 0 saturated heterocycles. The summed E-state index contributed by atoms with van der Waals surface area (Å²) >= 11 is 0. The van der Waals surface area contributed by atoms with Crippen LogP contribution >= 0.6 is 0 Å². The first-order chi connectivity index (χ1) is 17.6. The van der Waals surface area contributed by atoms with Crippen molar-refractivity contribution in [2.45, 2.75) is 61.5 Å². The van der Waals surface area contributed by atoms with Crippen molar-refractivity contribution in [3.8, 4) is 11.8 Å². The minimum atomic E-state index is -3.65. The minimum Gasteiger partial charge on any atom is -0.473 e. The Hall–Kier alpha value is -3.25. The van der Waals surface area contributed by atoms with Crippen molar-refractivity contribution in [3.05, 3.63) is 66.0 Å². The van der Waals surface area contributed by atoms with E-state index in [4.69, 9.17) is 4.74 Å². The third-order valence-electron chi connectivity index (χ3n) is 6.39. The van der Waals surface area contributed by atoms with Crippen LogP contribution in [0.2, 0.25) is 0 Å². The van der Waals surface area contributed by atoms with Gasteiger partial charge in [0.25, 0.3) is 0 Å². The van der Waals surface area contributed by atoms with E-state index in [1.54, 1.807) is 25.1 Å². The van der Waals surface area contributed by atoms with Crippen molar-refractivity contribution < 1.29 is 26.7 Å². The summed E-state index contributed by atoms with van der Waals surface area (Å²) in [5.74, 6) is 0.0566. The normalized spacial score (nSPS) is 20.2. The van der Waals surface area contributed by atoms with Crippen LogP contribution in [0, 0.1) is 6.92 Å². The van der Waals surface area contributed by atoms with Crippen LogP contribution in [0.4, 0.5) is 8.78 Å². The molecule has 0 aromatic carbocycles. The molecule has 0 bridgehead atoms. The van der Waals surface area contributed by atoms with Gasteiger partial charge in [-0.05, 0) is 58.5 Å². The number of hydrogen-bond acceptors (Lipinski definition) is 9. The molecule has 198 valence electrons. The van der Waals surface area contributed by atoms with Crippen LogP contribution in [0.25, 0.3) is 0 Å². The van der Waals surface area contributed by atoms with Crippen LogP contribution in [-0.4, -0.2) is 66.1 Å². The molecule has 9 nitrogen and oxygen atoms in total. The van der Waals surface area contributed by atoms with Crippen molar-refractivity contribution in [3.63, 3.8) is 0 Å². The van der Waals surface area contributed by atoms with Gasteiger partial charge in [0, 0.05) is 36.0 Å². The van der Waals surface area contributed by atoms with Crippen molar-refractivity contribution in [2.24, 2.45) is 0 Å². The van der Waals surface area contributed by atoms with E-state index >= 15 is 0 Å². The molecule has 1 aliphatic rings. The molecule has 0 aliphatic heterocycles. The first-order valence-corrected chi connectivity index (χ1v) is 13.5. The molecule has 3 heterocycles. The molecule has 1 fully saturated rings. The molecule has 0 radical (unpaired) electrons. The monoisotopic (exact) mass is 533 g/mol. The predicted molar refractivity (Wildman–Crippen MR) is 131 cm³/mol. The molecule has 3 atom stereocenters. The molecule has 37 heavy (non-hydrogen) atoms. The van der Waals surface area contributed by atoms with Gasteiger partial charge in [0.05, 0.1) is 22.0 Å². The van der Waals surface area contributed by atoms with Crippen LogP contribution in [-0.2, 0) is 15.6 Å². The quantitative estimate of drug-likeness (QED) is 0.406. The molecule has 0 unspecified atom stereocenters. The second-order valence-electron chi connectivity index (χ2n) is 9.17. The van der Waals surface area contributed by atoms with Gasteiger partial charge in [-0.25, -0.2) is 28.4 Å². The van der Waals surface area contributed by atoms with E-state index in [1.807, 2.05) is 20.2 Å². The van der Waals surface area contributed by atoms with E-state index < -0.39 is 16.4 Å². The summed E-state index contributed by atoms with van der Waals surface area (Å²) < 4.78 is 61.7. The van der Waals surface area contributed by atoms with Crippen molar-refractivity contribution in [2.75, 3.05) is 14.1 Å². The lowest BCUT2D eigenvalue weighted by Gasteiger charge is -2.39. The van der Waals surface area contributed by atoms with Crippen LogP contribution in [0.15, 0.2) is 53.8 Å². The van der Waals surface area contributed by atoms with Crippen LogP contribution < -0.4 is 9.47 Å². The number of sulfone groups is 1. The fraction of sp³-hybridized carbons (Fsp3) is 0.440. The maximum atomic E-state index is 12.9. The van der Waals surface area contributed by atoms with Gasteiger partial charge in [-0.1, -0.05) is 6.07 Å². The molecular formula is C25H29F2N5O4S. The molecule has 0 spiro atoms. The van der Waals surface area contributed by atoms with Gasteiger partial charge in [0.2, 0.25) is 11.8 Å². The van der Waals surface area contributed by atoms with Gasteiger partial charge >= 0.3 is 6.61 Å². The Morgan fingerprint density at radius 1 is 1.08 bits per heavy atom. The van der Waals surface area contributed by atoms with Crippen molar-refractivity contribution in [1.29, 1.82) is 0 Å². The molecule has 4 rings (SSSR count). The highest BCUT2D eigenvalue weighted by Gasteiger charge is 2.35. The summed E-state index contributed by atoms with van der Waals surface area (Å²) in [6.45, 7) is -1.29. The average molecular weight is 534 g/mol. The Morgan fingerprint density at radius 2 is 1.89 bits per heavy atom. The maximum Gasteiger partial charge on any atom is 0.388 e. The molecular weight excluding hydrogens is 504 g/mol. The molecule has 12 heteroatoms. The zero-order chi connectivity index (χ0) is 26.6. The highest BCUT2D eigenvalue weighted by Crippen LogP contribution is 2.36. The second-order valence-corrected chi connectivity index (χ2v) is 11.1. The van der Waals surface area contributed by atoms with Crippen molar-refractivity contribution in [1.82, 2.24) is 24.8 Å². The van der Waals surface area contributed by atoms with Crippen LogP contribution in [0.5, 0.6) is 11.8 Å². The van der Waals surface area contributed by atoms with E-state index in [2.05, 4.69) is 29.6 Å². The largest absolute Gasteiger partial charge is 0.473 e. The summed E-state index contributed by atoms with van der Waals surface area (Å²) in [7, 11) is 0.258. The number of likely N-dealkylation sites (N-methyl/N-ethyl adjacent to an activating group) is 1. The third kappa shape index (κ3) is 6.75. The molecule has 0 N–H and O–H groups in total. The number of aromatic nitrogens is 4. The topological polar surface area (TPSA) is 107 Å². The van der Waals surface area contributed by atoms with Crippen LogP contribution in [0.1, 0.15) is 42.3 Å². The van der Waals surface area contributed by atoms with Gasteiger partial charge in [-0.3, -0.25) is 0 Å². The number of alkyl halides is 2. The van der Waals surface area contributed by atoms with Gasteiger partial charge in [0.15, 0.2) is 9.84 Å². The van der Waals surface area contributed by atoms with Gasteiger partial charge in [-0.15, -0.1) is 0 Å². The predicted octanol–water partition coefficient (Wildman–Crippen LogP) is 3.80. The minimum absolute atomic E-state index is 0.00324. The zero-order valence-electron chi connectivity index (χ0n) is 20.8. The lowest BCUT2D eigenvalue weighted by molar-refractivity contribution is -0.0530. The van der Waals surface area contributed by atoms with Gasteiger partial charge < -0.3 is 14.4 Å². The first-order valence-electron chi connectivity index (χ1n) is 11.8. The number of halogens is 2. The molecule has 1 saturated carbocycles. The highest BCUT2D eigenvalue weighted by molar-refractivity contribution is 7.90. The van der Waals surface area contributed by atoms with E-state index in [9.17, 15) is 17.2 Å². The fourth-order valence-electron chi connectivity index (χ4n) is 4.63. The molecule has 0 amide bonds. The number of pyridine rings is 2. The zero-order valence-corrected chi connectivity index (χ0v) is 21.6. The summed E-state index contributed by atoms with van der Waals surface area (Å²) in [4.78, 5) is 18.7. The number of aryl methyl sites for hydroxylation is 1. The standard InChI is InChI=1S/C25H29F2N5O4S/c1-16-22(37(33,34)14-18-11-12-28-15-29-18)9-10-24(30-16)35-21-8-7-17(13-20(21)32(2)3)19-5-4-6-23(31-19)36-25(26)27/h4-6,9-12,15,17,20-21,25H,7-8,13-14H2,1-3H3/t17-,20-,21-/m0/s1. The summed E-state index contributed by atoms with van der Waals surface area (Å²) in [6.07, 6.45) is 4.75. The molecule has 3 aromatic rings. The second kappa shape index (κ2) is 11.4. The molecule has 1 aliphatic carbocycles. The Kier molecular flexibility index (Phi) is 8.28. The Balaban J connectivity index is 1.46. The number of ether oxygens (including phenoxy) is 2. The number of nitrogens with zero attached hydrogens (tertiary/aromatic N) is 5. The van der Waals surface area contributed by atoms with Gasteiger partial charge in [0.1, 0.15) is 12.4 Å². The van der Waals surface area contributed by atoms with Crippen molar-refractivity contribution >= 4 is 9.84 Å². The Labute approximate surface area is 214 Å². The summed E-state index contributed by atoms with van der Waals surface area (Å²) in [6, 6.07) is 9.56. The molecule has 3 aromatic heterocycles. The Bertz CT molecular complexity index is 1310. The van der Waals surface area contributed by atoms with E-state index in [1.165, 1.54) is 24.7 Å². The highest BCUT2D eigenvalue weighted by atomic mass is 32.2. The van der Waals surface area contributed by atoms with Crippen LogP contribution in [0.3, 0.4) is 0 Å².